The predicted molar refractivity (Wildman–Crippen MR) is 60.3 cm³/mol. The molecular weight excluding hydrogens is 204 g/mol. The maximum Gasteiger partial charge on any atom is 0.227 e. The monoisotopic (exact) mass is 222 g/mol. The molecule has 1 fully saturated rings. The van der Waals surface area contributed by atoms with Crippen LogP contribution in [0.5, 0.6) is 0 Å². The molecule has 5 nitrogen and oxygen atoms in total. The molecule has 4 N–H and O–H groups in total. The average Bonchev–Trinajstić information content (AvgIpc) is 2.73. The highest BCUT2D eigenvalue weighted by Gasteiger charge is 2.46. The number of carbonyl (C=O) groups excluding carboxylic acids is 1. The van der Waals surface area contributed by atoms with Crippen LogP contribution in [0, 0.1) is 11.3 Å². The van der Waals surface area contributed by atoms with Gasteiger partial charge in [-0.15, -0.1) is 0 Å². The lowest BCUT2D eigenvalue weighted by Crippen LogP contribution is -2.53. The van der Waals surface area contributed by atoms with Gasteiger partial charge in [-0.2, -0.15) is 0 Å². The fourth-order valence-corrected chi connectivity index (χ4v) is 2.47. The zero-order valence-electron chi connectivity index (χ0n) is 9.49. The van der Waals surface area contributed by atoms with Crippen molar-refractivity contribution in [2.45, 2.75) is 26.3 Å². The van der Waals surface area contributed by atoms with Crippen LogP contribution >= 0.6 is 0 Å². The quantitative estimate of drug-likeness (QED) is 0.689. The Kier molecular flexibility index (Phi) is 2.96. The van der Waals surface area contributed by atoms with Crippen LogP contribution < -0.4 is 11.1 Å². The Balaban J connectivity index is 1.88. The minimum Gasteiger partial charge on any atom is -0.348 e. The molecule has 0 radical (unpaired) electrons. The van der Waals surface area contributed by atoms with Crippen molar-refractivity contribution in [1.29, 1.82) is 0 Å². The van der Waals surface area contributed by atoms with Crippen LogP contribution in [-0.4, -0.2) is 22.4 Å². The molecule has 1 aliphatic carbocycles. The van der Waals surface area contributed by atoms with E-state index in [-0.39, 0.29) is 11.3 Å². The summed E-state index contributed by atoms with van der Waals surface area (Å²) in [7, 11) is 0. The summed E-state index contributed by atoms with van der Waals surface area (Å²) in [5, 5.41) is 2.89. The number of rotatable bonds is 4. The van der Waals surface area contributed by atoms with Gasteiger partial charge in [-0.1, -0.05) is 6.92 Å². The summed E-state index contributed by atoms with van der Waals surface area (Å²) in [4.78, 5) is 19.0. The summed E-state index contributed by atoms with van der Waals surface area (Å²) in [6.45, 7) is 3.02. The van der Waals surface area contributed by atoms with Crippen LogP contribution in [0.2, 0.25) is 0 Å². The van der Waals surface area contributed by atoms with Gasteiger partial charge in [0.1, 0.15) is 5.82 Å². The largest absolute Gasteiger partial charge is 0.348 e. The molecule has 1 saturated carbocycles. The molecule has 2 rings (SSSR count). The zero-order chi connectivity index (χ0) is 11.6. The van der Waals surface area contributed by atoms with Crippen molar-refractivity contribution in [3.63, 3.8) is 0 Å². The van der Waals surface area contributed by atoms with E-state index in [1.807, 2.05) is 0 Å². The Labute approximate surface area is 94.8 Å². The summed E-state index contributed by atoms with van der Waals surface area (Å²) < 4.78 is 0. The number of amides is 1. The number of nitrogens with one attached hydrogen (secondary N) is 2. The Bertz CT molecular complexity index is 354. The van der Waals surface area contributed by atoms with E-state index in [0.717, 1.165) is 18.7 Å². The van der Waals surface area contributed by atoms with E-state index in [4.69, 9.17) is 5.73 Å². The fraction of sp³-hybridized carbons (Fsp3) is 0.636. The van der Waals surface area contributed by atoms with Crippen LogP contribution in [0.15, 0.2) is 12.4 Å². The summed E-state index contributed by atoms with van der Waals surface area (Å²) in [6, 6.07) is 0. The second kappa shape index (κ2) is 4.25. The number of H-pyrrole nitrogens is 1. The first kappa shape index (κ1) is 11.1. The molecule has 1 heterocycles. The first-order valence-electron chi connectivity index (χ1n) is 5.63. The standard InChI is InChI=1S/C11H18N4O/c1-8-4-11(5-8,7-12)10(16)15-6-9-13-2-3-14-9/h2-3,8H,4-7,12H2,1H3,(H,13,14)(H,15,16). The van der Waals surface area contributed by atoms with Crippen LogP contribution in [-0.2, 0) is 11.3 Å². The van der Waals surface area contributed by atoms with Gasteiger partial charge in [-0.3, -0.25) is 4.79 Å². The van der Waals surface area contributed by atoms with Crippen LogP contribution in [0.4, 0.5) is 0 Å². The molecule has 0 atom stereocenters. The molecule has 0 aliphatic heterocycles. The third-order valence-electron chi connectivity index (χ3n) is 3.32. The van der Waals surface area contributed by atoms with E-state index >= 15 is 0 Å². The van der Waals surface area contributed by atoms with Gasteiger partial charge in [0.05, 0.1) is 12.0 Å². The molecule has 0 saturated heterocycles. The molecule has 88 valence electrons. The van der Waals surface area contributed by atoms with E-state index in [2.05, 4.69) is 22.2 Å². The maximum absolute atomic E-state index is 12.0. The highest BCUT2D eigenvalue weighted by molar-refractivity contribution is 5.83. The lowest BCUT2D eigenvalue weighted by molar-refractivity contribution is -0.138. The van der Waals surface area contributed by atoms with E-state index in [1.165, 1.54) is 0 Å². The number of aromatic nitrogens is 2. The van der Waals surface area contributed by atoms with Gasteiger partial charge in [-0.25, -0.2) is 4.98 Å². The van der Waals surface area contributed by atoms with Crippen molar-refractivity contribution in [2.24, 2.45) is 17.1 Å². The SMILES string of the molecule is CC1CC(CN)(C(=O)NCc2ncc[nH]2)C1. The average molecular weight is 222 g/mol. The van der Waals surface area contributed by atoms with Gasteiger partial charge >= 0.3 is 0 Å². The summed E-state index contributed by atoms with van der Waals surface area (Å²) >= 11 is 0. The second-order valence-electron chi connectivity index (χ2n) is 4.72. The molecule has 1 aliphatic rings. The molecular formula is C11H18N4O. The minimum atomic E-state index is -0.327. The van der Waals surface area contributed by atoms with E-state index in [9.17, 15) is 4.79 Å². The van der Waals surface area contributed by atoms with E-state index in [0.29, 0.717) is 19.0 Å². The predicted octanol–water partition coefficient (Wildman–Crippen LogP) is 0.401. The first-order valence-corrected chi connectivity index (χ1v) is 5.63. The van der Waals surface area contributed by atoms with Crippen molar-refractivity contribution in [3.8, 4) is 0 Å². The molecule has 1 amide bonds. The van der Waals surface area contributed by atoms with Gasteiger partial charge in [0.2, 0.25) is 5.91 Å². The van der Waals surface area contributed by atoms with Crippen molar-refractivity contribution in [2.75, 3.05) is 6.54 Å². The normalized spacial score (nSPS) is 28.5. The van der Waals surface area contributed by atoms with E-state index < -0.39 is 0 Å². The summed E-state index contributed by atoms with van der Waals surface area (Å²) in [6.07, 6.45) is 5.21. The Morgan fingerprint density at radius 3 is 3.00 bits per heavy atom. The third kappa shape index (κ3) is 1.95. The smallest absolute Gasteiger partial charge is 0.227 e. The molecule has 0 aromatic carbocycles. The Morgan fingerprint density at radius 1 is 1.75 bits per heavy atom. The maximum atomic E-state index is 12.0. The number of imidazole rings is 1. The van der Waals surface area contributed by atoms with Gasteiger partial charge in [0, 0.05) is 18.9 Å². The molecule has 0 spiro atoms. The molecule has 0 unspecified atom stereocenters. The minimum absolute atomic E-state index is 0.0597. The number of aromatic amines is 1. The van der Waals surface area contributed by atoms with Gasteiger partial charge in [0.15, 0.2) is 0 Å². The molecule has 0 bridgehead atoms. The van der Waals surface area contributed by atoms with Crippen molar-refractivity contribution >= 4 is 5.91 Å². The second-order valence-corrected chi connectivity index (χ2v) is 4.72. The van der Waals surface area contributed by atoms with Gasteiger partial charge in [0.25, 0.3) is 0 Å². The third-order valence-corrected chi connectivity index (χ3v) is 3.32. The lowest BCUT2D eigenvalue weighted by Gasteiger charge is -2.44. The lowest BCUT2D eigenvalue weighted by atomic mass is 9.62. The number of hydrogen-bond acceptors (Lipinski definition) is 3. The van der Waals surface area contributed by atoms with Gasteiger partial charge in [-0.05, 0) is 18.8 Å². The van der Waals surface area contributed by atoms with Crippen LogP contribution in [0.1, 0.15) is 25.6 Å². The number of carbonyl (C=O) groups is 1. The molecule has 1 aromatic rings. The topological polar surface area (TPSA) is 83.8 Å². The molecule has 5 heteroatoms. The van der Waals surface area contributed by atoms with Crippen LogP contribution in [0.25, 0.3) is 0 Å². The van der Waals surface area contributed by atoms with Crippen molar-refractivity contribution < 1.29 is 4.79 Å². The highest BCUT2D eigenvalue weighted by Crippen LogP contribution is 2.44. The summed E-state index contributed by atoms with van der Waals surface area (Å²) in [5.41, 5.74) is 5.37. The van der Waals surface area contributed by atoms with Crippen LogP contribution in [0.3, 0.4) is 0 Å². The van der Waals surface area contributed by atoms with E-state index in [1.54, 1.807) is 12.4 Å². The highest BCUT2D eigenvalue weighted by atomic mass is 16.2. The molecule has 16 heavy (non-hydrogen) atoms. The molecule has 1 aromatic heterocycles. The first-order chi connectivity index (χ1) is 7.66. The van der Waals surface area contributed by atoms with Gasteiger partial charge < -0.3 is 16.0 Å². The Morgan fingerprint density at radius 2 is 2.50 bits per heavy atom. The fourth-order valence-electron chi connectivity index (χ4n) is 2.47. The number of nitrogens with zero attached hydrogens (tertiary/aromatic N) is 1. The Hall–Kier alpha value is -1.36. The number of nitrogens with two attached hydrogens (primary N) is 1. The number of hydrogen-bond donors (Lipinski definition) is 3. The summed E-state index contributed by atoms with van der Waals surface area (Å²) in [5.74, 6) is 1.44. The van der Waals surface area contributed by atoms with Crippen molar-refractivity contribution in [3.05, 3.63) is 18.2 Å². The zero-order valence-corrected chi connectivity index (χ0v) is 9.49. The van der Waals surface area contributed by atoms with Crippen molar-refractivity contribution in [1.82, 2.24) is 15.3 Å².